The zero-order valence-corrected chi connectivity index (χ0v) is 12.1. The Labute approximate surface area is 115 Å². The van der Waals surface area contributed by atoms with Crippen molar-refractivity contribution in [3.63, 3.8) is 0 Å². The number of halogens is 1. The molecule has 2 rings (SSSR count). The van der Waals surface area contributed by atoms with Gasteiger partial charge in [-0.2, -0.15) is 0 Å². The minimum Gasteiger partial charge on any atom is -0.495 e. The highest BCUT2D eigenvalue weighted by atomic mass is 79.9. The molecule has 1 aromatic heterocycles. The number of nitrogens with zero attached hydrogens (tertiary/aromatic N) is 2. The number of methoxy groups -OCH3 is 1. The Kier molecular flexibility index (Phi) is 4.25. The van der Waals surface area contributed by atoms with Gasteiger partial charge in [0, 0.05) is 37.2 Å². The molecule has 5 heteroatoms. The van der Waals surface area contributed by atoms with Crippen molar-refractivity contribution < 1.29 is 4.74 Å². The first kappa shape index (κ1) is 13.0. The molecule has 0 unspecified atom stereocenters. The van der Waals surface area contributed by atoms with Crippen molar-refractivity contribution in [2.45, 2.75) is 13.5 Å². The Morgan fingerprint density at radius 1 is 1.44 bits per heavy atom. The normalized spacial score (nSPS) is 10.4. The standard InChI is InChI=1S/C13H16BrN3O/c1-10-15-5-7-17(10)8-6-16-11-3-4-12(14)13(9-11)18-2/h3-5,7,9,16H,6,8H2,1-2H3. The summed E-state index contributed by atoms with van der Waals surface area (Å²) in [6.07, 6.45) is 3.80. The van der Waals surface area contributed by atoms with E-state index in [1.807, 2.05) is 37.5 Å². The second-order valence-electron chi connectivity index (χ2n) is 3.94. The maximum Gasteiger partial charge on any atom is 0.135 e. The van der Waals surface area contributed by atoms with Gasteiger partial charge in [0.1, 0.15) is 11.6 Å². The second-order valence-corrected chi connectivity index (χ2v) is 4.80. The monoisotopic (exact) mass is 309 g/mol. The van der Waals surface area contributed by atoms with E-state index in [1.54, 1.807) is 7.11 Å². The molecule has 96 valence electrons. The predicted octanol–water partition coefficient (Wildman–Crippen LogP) is 3.07. The van der Waals surface area contributed by atoms with Crippen molar-refractivity contribution in [3.05, 3.63) is 40.9 Å². The number of aryl methyl sites for hydroxylation is 1. The van der Waals surface area contributed by atoms with Crippen LogP contribution in [0.3, 0.4) is 0 Å². The van der Waals surface area contributed by atoms with Gasteiger partial charge in [0.2, 0.25) is 0 Å². The molecule has 0 fully saturated rings. The molecule has 1 N–H and O–H groups in total. The van der Waals surface area contributed by atoms with Gasteiger partial charge in [-0.05, 0) is 35.0 Å². The van der Waals surface area contributed by atoms with Crippen molar-refractivity contribution in [2.75, 3.05) is 19.0 Å². The van der Waals surface area contributed by atoms with Gasteiger partial charge >= 0.3 is 0 Å². The molecule has 0 atom stereocenters. The fourth-order valence-electron chi connectivity index (χ4n) is 1.73. The van der Waals surface area contributed by atoms with Gasteiger partial charge in [-0.1, -0.05) is 0 Å². The summed E-state index contributed by atoms with van der Waals surface area (Å²) in [6, 6.07) is 5.97. The molecule has 0 spiro atoms. The lowest BCUT2D eigenvalue weighted by molar-refractivity contribution is 0.412. The van der Waals surface area contributed by atoms with E-state index in [1.165, 1.54) is 0 Å². The number of benzene rings is 1. The molecule has 4 nitrogen and oxygen atoms in total. The van der Waals surface area contributed by atoms with E-state index in [0.29, 0.717) is 0 Å². The van der Waals surface area contributed by atoms with Crippen LogP contribution in [0.4, 0.5) is 5.69 Å². The van der Waals surface area contributed by atoms with E-state index in [0.717, 1.165) is 34.8 Å². The average molecular weight is 310 g/mol. The van der Waals surface area contributed by atoms with Gasteiger partial charge in [-0.3, -0.25) is 0 Å². The molecular formula is C13H16BrN3O. The molecule has 1 aromatic carbocycles. The summed E-state index contributed by atoms with van der Waals surface area (Å²) in [6.45, 7) is 3.74. The van der Waals surface area contributed by atoms with Crippen LogP contribution in [0.15, 0.2) is 35.1 Å². The fourth-order valence-corrected chi connectivity index (χ4v) is 2.14. The molecular weight excluding hydrogens is 294 g/mol. The highest BCUT2D eigenvalue weighted by Crippen LogP contribution is 2.27. The maximum atomic E-state index is 5.25. The van der Waals surface area contributed by atoms with Crippen molar-refractivity contribution in [3.8, 4) is 5.75 Å². The first-order chi connectivity index (χ1) is 8.70. The van der Waals surface area contributed by atoms with E-state index >= 15 is 0 Å². The number of anilines is 1. The summed E-state index contributed by atoms with van der Waals surface area (Å²) < 4.78 is 8.33. The Morgan fingerprint density at radius 3 is 2.94 bits per heavy atom. The number of nitrogens with one attached hydrogen (secondary N) is 1. The number of aromatic nitrogens is 2. The molecule has 0 amide bonds. The summed E-state index contributed by atoms with van der Waals surface area (Å²) in [5.74, 6) is 1.86. The number of rotatable bonds is 5. The van der Waals surface area contributed by atoms with Crippen molar-refractivity contribution in [1.82, 2.24) is 9.55 Å². The Balaban J connectivity index is 1.92. The first-order valence-corrected chi connectivity index (χ1v) is 6.55. The molecule has 18 heavy (non-hydrogen) atoms. The molecule has 0 saturated carbocycles. The largest absolute Gasteiger partial charge is 0.495 e. The summed E-state index contributed by atoms with van der Waals surface area (Å²) in [5.41, 5.74) is 1.05. The lowest BCUT2D eigenvalue weighted by Crippen LogP contribution is -2.11. The van der Waals surface area contributed by atoms with E-state index in [9.17, 15) is 0 Å². The van der Waals surface area contributed by atoms with Crippen LogP contribution < -0.4 is 10.1 Å². The second kappa shape index (κ2) is 5.91. The minimum absolute atomic E-state index is 0.832. The van der Waals surface area contributed by atoms with Crippen LogP contribution in [0.1, 0.15) is 5.82 Å². The van der Waals surface area contributed by atoms with Crippen LogP contribution in [0.5, 0.6) is 5.75 Å². The molecule has 0 saturated heterocycles. The van der Waals surface area contributed by atoms with Crippen molar-refractivity contribution in [2.24, 2.45) is 0 Å². The van der Waals surface area contributed by atoms with Crippen LogP contribution in [0.25, 0.3) is 0 Å². The summed E-state index contributed by atoms with van der Waals surface area (Å²) in [4.78, 5) is 4.19. The summed E-state index contributed by atoms with van der Waals surface area (Å²) in [5, 5.41) is 3.36. The molecule has 2 aromatic rings. The van der Waals surface area contributed by atoms with E-state index in [4.69, 9.17) is 4.74 Å². The maximum absolute atomic E-state index is 5.25. The average Bonchev–Trinajstić information content (AvgIpc) is 2.77. The van der Waals surface area contributed by atoms with Gasteiger partial charge in [0.05, 0.1) is 11.6 Å². The van der Waals surface area contributed by atoms with Gasteiger partial charge in [0.25, 0.3) is 0 Å². The fraction of sp³-hybridized carbons (Fsp3) is 0.308. The quantitative estimate of drug-likeness (QED) is 0.922. The lowest BCUT2D eigenvalue weighted by Gasteiger charge is -2.10. The van der Waals surface area contributed by atoms with E-state index < -0.39 is 0 Å². The number of imidazole rings is 1. The zero-order chi connectivity index (χ0) is 13.0. The third kappa shape index (κ3) is 3.04. The van der Waals surface area contributed by atoms with Crippen LogP contribution in [0.2, 0.25) is 0 Å². The predicted molar refractivity (Wildman–Crippen MR) is 76.1 cm³/mol. The lowest BCUT2D eigenvalue weighted by atomic mass is 10.3. The minimum atomic E-state index is 0.832. The Morgan fingerprint density at radius 2 is 2.28 bits per heavy atom. The van der Waals surface area contributed by atoms with E-state index in [2.05, 4.69) is 30.8 Å². The SMILES string of the molecule is COc1cc(NCCn2ccnc2C)ccc1Br. The number of ether oxygens (including phenoxy) is 1. The molecule has 0 bridgehead atoms. The number of hydrogen-bond donors (Lipinski definition) is 1. The van der Waals surface area contributed by atoms with Crippen molar-refractivity contribution >= 4 is 21.6 Å². The molecule has 0 aliphatic rings. The Hall–Kier alpha value is -1.49. The highest BCUT2D eigenvalue weighted by molar-refractivity contribution is 9.10. The van der Waals surface area contributed by atoms with Gasteiger partial charge < -0.3 is 14.6 Å². The smallest absolute Gasteiger partial charge is 0.135 e. The van der Waals surface area contributed by atoms with Crippen LogP contribution in [0, 0.1) is 6.92 Å². The van der Waals surface area contributed by atoms with E-state index in [-0.39, 0.29) is 0 Å². The summed E-state index contributed by atoms with van der Waals surface area (Å²) >= 11 is 3.43. The van der Waals surface area contributed by atoms with Gasteiger partial charge in [-0.15, -0.1) is 0 Å². The summed E-state index contributed by atoms with van der Waals surface area (Å²) in [7, 11) is 1.67. The van der Waals surface area contributed by atoms with Crippen LogP contribution in [-0.4, -0.2) is 23.2 Å². The first-order valence-electron chi connectivity index (χ1n) is 5.76. The van der Waals surface area contributed by atoms with Crippen molar-refractivity contribution in [1.29, 1.82) is 0 Å². The highest BCUT2D eigenvalue weighted by Gasteiger charge is 2.01. The topological polar surface area (TPSA) is 39.1 Å². The molecule has 0 aliphatic heterocycles. The van der Waals surface area contributed by atoms with Crippen LogP contribution >= 0.6 is 15.9 Å². The zero-order valence-electron chi connectivity index (χ0n) is 10.5. The molecule has 1 heterocycles. The third-order valence-electron chi connectivity index (χ3n) is 2.76. The molecule has 0 radical (unpaired) electrons. The third-order valence-corrected chi connectivity index (χ3v) is 3.41. The van der Waals surface area contributed by atoms with Gasteiger partial charge in [-0.25, -0.2) is 4.98 Å². The number of hydrogen-bond acceptors (Lipinski definition) is 3. The molecule has 0 aliphatic carbocycles. The van der Waals surface area contributed by atoms with Gasteiger partial charge in [0.15, 0.2) is 0 Å². The van der Waals surface area contributed by atoms with Crippen LogP contribution in [-0.2, 0) is 6.54 Å². The Bertz CT molecular complexity index is 525.